The number of hydrogen-bond acceptors (Lipinski definition) is 6. The molecular weight excluding hydrogens is 420 g/mol. The standard InChI is InChI=1S/C26H30N2O5/c29-24(19-7-8-22-23(15-19)33-12-11-32-22)21(16-28-9-3-4-10-28)27-26(31)25(30)20-13-17-5-1-2-6-18(17)14-20/h1-2,5-8,15,20-21,24,29H,3-4,9-14,16H2,(H,27,31). The average Bonchev–Trinajstić information content (AvgIpc) is 3.52. The molecule has 0 saturated carbocycles. The number of nitrogens with one attached hydrogen (secondary N) is 1. The molecule has 2 aliphatic heterocycles. The van der Waals surface area contributed by atoms with E-state index >= 15 is 0 Å². The molecule has 174 valence electrons. The molecule has 7 nitrogen and oxygen atoms in total. The number of amides is 1. The molecule has 7 heteroatoms. The molecule has 1 amide bonds. The Labute approximate surface area is 193 Å². The highest BCUT2D eigenvalue weighted by atomic mass is 16.6. The monoisotopic (exact) mass is 450 g/mol. The highest BCUT2D eigenvalue weighted by molar-refractivity contribution is 6.37. The summed E-state index contributed by atoms with van der Waals surface area (Å²) in [5.41, 5.74) is 2.90. The van der Waals surface area contributed by atoms with Crippen molar-refractivity contribution in [3.05, 3.63) is 59.2 Å². The summed E-state index contributed by atoms with van der Waals surface area (Å²) >= 11 is 0. The van der Waals surface area contributed by atoms with E-state index in [9.17, 15) is 14.7 Å². The fraction of sp³-hybridized carbons (Fsp3) is 0.462. The zero-order valence-electron chi connectivity index (χ0n) is 18.7. The van der Waals surface area contributed by atoms with Crippen molar-refractivity contribution in [3.8, 4) is 11.5 Å². The van der Waals surface area contributed by atoms with Crippen LogP contribution in [0.2, 0.25) is 0 Å². The summed E-state index contributed by atoms with van der Waals surface area (Å²) < 4.78 is 11.2. The minimum atomic E-state index is -0.973. The van der Waals surface area contributed by atoms with Crippen molar-refractivity contribution in [3.63, 3.8) is 0 Å². The van der Waals surface area contributed by atoms with Crippen LogP contribution in [0.15, 0.2) is 42.5 Å². The molecule has 33 heavy (non-hydrogen) atoms. The second-order valence-corrected chi connectivity index (χ2v) is 9.17. The summed E-state index contributed by atoms with van der Waals surface area (Å²) in [6.07, 6.45) is 2.40. The van der Waals surface area contributed by atoms with Crippen LogP contribution in [0.5, 0.6) is 11.5 Å². The van der Waals surface area contributed by atoms with E-state index in [1.807, 2.05) is 24.3 Å². The molecule has 0 bridgehead atoms. The predicted octanol–water partition coefficient (Wildman–Crippen LogP) is 2.06. The van der Waals surface area contributed by atoms with Gasteiger partial charge in [0.1, 0.15) is 19.3 Å². The fourth-order valence-electron chi connectivity index (χ4n) is 5.11. The van der Waals surface area contributed by atoms with Gasteiger partial charge in [-0.3, -0.25) is 9.59 Å². The molecular formula is C26H30N2O5. The Bertz CT molecular complexity index is 1010. The first-order valence-electron chi connectivity index (χ1n) is 11.8. The largest absolute Gasteiger partial charge is 0.486 e. The van der Waals surface area contributed by atoms with Crippen molar-refractivity contribution in [1.29, 1.82) is 0 Å². The number of ketones is 1. The molecule has 2 N–H and O–H groups in total. The Hall–Kier alpha value is -2.90. The quantitative estimate of drug-likeness (QED) is 0.628. The number of rotatable bonds is 7. The van der Waals surface area contributed by atoms with Gasteiger partial charge in [0.05, 0.1) is 6.04 Å². The Morgan fingerprint density at radius 2 is 1.67 bits per heavy atom. The lowest BCUT2D eigenvalue weighted by molar-refractivity contribution is -0.141. The summed E-state index contributed by atoms with van der Waals surface area (Å²) in [5.74, 6) is -0.140. The van der Waals surface area contributed by atoms with Crippen LogP contribution in [0.4, 0.5) is 0 Å². The van der Waals surface area contributed by atoms with Gasteiger partial charge in [0, 0.05) is 12.5 Å². The Morgan fingerprint density at radius 3 is 2.36 bits per heavy atom. The van der Waals surface area contributed by atoms with Crippen LogP contribution in [-0.2, 0) is 22.4 Å². The molecule has 0 aromatic heterocycles. The molecule has 2 atom stereocenters. The summed E-state index contributed by atoms with van der Waals surface area (Å²) in [7, 11) is 0. The number of fused-ring (bicyclic) bond motifs is 2. The first kappa shape index (κ1) is 21.9. The van der Waals surface area contributed by atoms with Crippen LogP contribution in [0.25, 0.3) is 0 Å². The van der Waals surface area contributed by atoms with E-state index in [-0.39, 0.29) is 5.92 Å². The SMILES string of the molecule is O=C(NC(CN1CCCC1)C(O)c1ccc2c(c1)OCCO2)C(=O)C1Cc2ccccc2C1. The van der Waals surface area contributed by atoms with Crippen LogP contribution in [0.3, 0.4) is 0 Å². The first-order chi connectivity index (χ1) is 16.1. The number of likely N-dealkylation sites (tertiary alicyclic amines) is 1. The van der Waals surface area contributed by atoms with Gasteiger partial charge >= 0.3 is 0 Å². The maximum Gasteiger partial charge on any atom is 0.288 e. The summed E-state index contributed by atoms with van der Waals surface area (Å²) in [5, 5.41) is 14.1. The number of benzene rings is 2. The Kier molecular flexibility index (Phi) is 6.33. The van der Waals surface area contributed by atoms with E-state index in [0.717, 1.165) is 37.1 Å². The van der Waals surface area contributed by atoms with E-state index in [2.05, 4.69) is 10.2 Å². The molecule has 3 aliphatic rings. The molecule has 1 aliphatic carbocycles. The van der Waals surface area contributed by atoms with Crippen molar-refractivity contribution < 1.29 is 24.2 Å². The second-order valence-electron chi connectivity index (χ2n) is 9.17. The third-order valence-electron chi connectivity index (χ3n) is 6.90. The van der Waals surface area contributed by atoms with Gasteiger partial charge < -0.3 is 24.8 Å². The van der Waals surface area contributed by atoms with Crippen LogP contribution >= 0.6 is 0 Å². The predicted molar refractivity (Wildman–Crippen MR) is 122 cm³/mol. The third-order valence-corrected chi connectivity index (χ3v) is 6.90. The van der Waals surface area contributed by atoms with Crippen molar-refractivity contribution in [2.24, 2.45) is 5.92 Å². The highest BCUT2D eigenvalue weighted by Gasteiger charge is 2.34. The lowest BCUT2D eigenvalue weighted by Crippen LogP contribution is -2.49. The number of hydrogen-bond donors (Lipinski definition) is 2. The Balaban J connectivity index is 1.30. The van der Waals surface area contributed by atoms with Crippen LogP contribution in [0, 0.1) is 5.92 Å². The van der Waals surface area contributed by atoms with Crippen LogP contribution < -0.4 is 14.8 Å². The Morgan fingerprint density at radius 1 is 1.00 bits per heavy atom. The number of aliphatic hydroxyl groups excluding tert-OH is 1. The molecule has 2 unspecified atom stereocenters. The van der Waals surface area contributed by atoms with Crippen molar-refractivity contribution in [2.75, 3.05) is 32.8 Å². The van der Waals surface area contributed by atoms with Gasteiger partial charge in [0.2, 0.25) is 5.78 Å². The van der Waals surface area contributed by atoms with E-state index in [1.54, 1.807) is 18.2 Å². The number of aliphatic hydroxyl groups is 1. The average molecular weight is 451 g/mol. The molecule has 2 heterocycles. The molecule has 0 radical (unpaired) electrons. The molecule has 1 saturated heterocycles. The smallest absolute Gasteiger partial charge is 0.288 e. The molecule has 2 aromatic rings. The maximum absolute atomic E-state index is 13.0. The van der Waals surface area contributed by atoms with Gasteiger partial charge in [0.15, 0.2) is 11.5 Å². The third kappa shape index (κ3) is 4.75. The first-order valence-corrected chi connectivity index (χ1v) is 11.8. The molecule has 1 fully saturated rings. The van der Waals surface area contributed by atoms with E-state index in [0.29, 0.717) is 49.7 Å². The molecule has 2 aromatic carbocycles. The molecule has 0 spiro atoms. The van der Waals surface area contributed by atoms with Gasteiger partial charge in [-0.15, -0.1) is 0 Å². The lowest BCUT2D eigenvalue weighted by Gasteiger charge is -2.29. The van der Waals surface area contributed by atoms with Gasteiger partial charge in [-0.1, -0.05) is 30.3 Å². The van der Waals surface area contributed by atoms with Crippen molar-refractivity contribution >= 4 is 11.7 Å². The minimum Gasteiger partial charge on any atom is -0.486 e. The van der Waals surface area contributed by atoms with E-state index in [4.69, 9.17) is 9.47 Å². The van der Waals surface area contributed by atoms with Crippen LogP contribution in [-0.4, -0.2) is 60.6 Å². The number of carbonyl (C=O) groups excluding carboxylic acids is 2. The van der Waals surface area contributed by atoms with Gasteiger partial charge in [-0.25, -0.2) is 0 Å². The van der Waals surface area contributed by atoms with Crippen molar-refractivity contribution in [2.45, 2.75) is 37.8 Å². The fourth-order valence-corrected chi connectivity index (χ4v) is 5.11. The maximum atomic E-state index is 13.0. The number of nitrogens with zero attached hydrogens (tertiary/aromatic N) is 1. The second kappa shape index (κ2) is 9.53. The van der Waals surface area contributed by atoms with E-state index in [1.165, 1.54) is 0 Å². The number of ether oxygens (including phenoxy) is 2. The normalized spacial score (nSPS) is 19.7. The zero-order chi connectivity index (χ0) is 22.8. The zero-order valence-corrected chi connectivity index (χ0v) is 18.7. The van der Waals surface area contributed by atoms with Crippen LogP contribution in [0.1, 0.15) is 35.6 Å². The lowest BCUT2D eigenvalue weighted by atomic mass is 9.98. The summed E-state index contributed by atoms with van der Waals surface area (Å²) in [4.78, 5) is 28.2. The summed E-state index contributed by atoms with van der Waals surface area (Å²) in [6, 6.07) is 12.7. The van der Waals surface area contributed by atoms with Crippen molar-refractivity contribution in [1.82, 2.24) is 10.2 Å². The van der Waals surface area contributed by atoms with Gasteiger partial charge in [0.25, 0.3) is 5.91 Å². The number of carbonyl (C=O) groups is 2. The highest BCUT2D eigenvalue weighted by Crippen LogP contribution is 2.34. The number of Topliss-reactive ketones (excluding diaryl/α,β-unsaturated/α-hetero) is 1. The van der Waals surface area contributed by atoms with Gasteiger partial charge in [-0.05, 0) is 67.6 Å². The summed E-state index contributed by atoms with van der Waals surface area (Å²) in [6.45, 7) is 3.28. The van der Waals surface area contributed by atoms with E-state index < -0.39 is 23.8 Å². The minimum absolute atomic E-state index is 0.346. The van der Waals surface area contributed by atoms with Gasteiger partial charge in [-0.2, -0.15) is 0 Å². The topological polar surface area (TPSA) is 88.1 Å². The molecule has 5 rings (SSSR count).